The maximum atomic E-state index is 11.6. The second-order valence-corrected chi connectivity index (χ2v) is 5.13. The van der Waals surface area contributed by atoms with Gasteiger partial charge in [0.05, 0.1) is 6.54 Å². The van der Waals surface area contributed by atoms with E-state index >= 15 is 0 Å². The summed E-state index contributed by atoms with van der Waals surface area (Å²) in [5.74, 6) is 0.876. The third-order valence-electron chi connectivity index (χ3n) is 3.56. The topological polar surface area (TPSA) is 43.3 Å². The van der Waals surface area contributed by atoms with Crippen LogP contribution in [0.1, 0.15) is 24.1 Å². The molecular formula is C17H22N2O2. The molecular weight excluding hydrogens is 264 g/mol. The lowest BCUT2D eigenvalue weighted by Crippen LogP contribution is -2.21. The minimum Gasteiger partial charge on any atom is -0.491 e. The summed E-state index contributed by atoms with van der Waals surface area (Å²) in [7, 11) is 1.93. The van der Waals surface area contributed by atoms with Gasteiger partial charge in [0.2, 0.25) is 0 Å². The summed E-state index contributed by atoms with van der Waals surface area (Å²) in [6.07, 6.45) is 1.78. The van der Waals surface area contributed by atoms with Crippen molar-refractivity contribution in [3.05, 3.63) is 64.1 Å². The summed E-state index contributed by atoms with van der Waals surface area (Å²) in [5.41, 5.74) is 2.28. The average Bonchev–Trinajstić information content (AvgIpc) is 2.48. The van der Waals surface area contributed by atoms with Gasteiger partial charge in [-0.25, -0.2) is 0 Å². The highest BCUT2D eigenvalue weighted by molar-refractivity contribution is 5.39. The normalized spacial score (nSPS) is 12.1. The van der Waals surface area contributed by atoms with Gasteiger partial charge in [0.25, 0.3) is 5.56 Å². The third-order valence-corrected chi connectivity index (χ3v) is 3.56. The van der Waals surface area contributed by atoms with E-state index in [-0.39, 0.29) is 11.6 Å². The molecule has 0 fully saturated rings. The van der Waals surface area contributed by atoms with E-state index in [0.717, 1.165) is 16.9 Å². The van der Waals surface area contributed by atoms with Crippen molar-refractivity contribution >= 4 is 0 Å². The van der Waals surface area contributed by atoms with E-state index in [9.17, 15) is 4.79 Å². The lowest BCUT2D eigenvalue weighted by molar-refractivity contribution is 0.291. The molecule has 1 heterocycles. The largest absolute Gasteiger partial charge is 0.491 e. The number of benzene rings is 1. The zero-order valence-corrected chi connectivity index (χ0v) is 12.8. The number of aryl methyl sites for hydroxylation is 1. The Morgan fingerprint density at radius 1 is 1.29 bits per heavy atom. The van der Waals surface area contributed by atoms with Crippen LogP contribution in [0, 0.1) is 6.92 Å². The summed E-state index contributed by atoms with van der Waals surface area (Å²) in [5, 5.41) is 3.22. The van der Waals surface area contributed by atoms with E-state index in [0.29, 0.717) is 13.2 Å². The van der Waals surface area contributed by atoms with Crippen molar-refractivity contribution in [2.45, 2.75) is 26.4 Å². The Labute approximate surface area is 125 Å². The van der Waals surface area contributed by atoms with Gasteiger partial charge in [-0.3, -0.25) is 4.79 Å². The zero-order valence-electron chi connectivity index (χ0n) is 12.8. The Morgan fingerprint density at radius 2 is 2.10 bits per heavy atom. The van der Waals surface area contributed by atoms with Gasteiger partial charge in [-0.2, -0.15) is 0 Å². The van der Waals surface area contributed by atoms with Crippen molar-refractivity contribution in [2.75, 3.05) is 13.7 Å². The smallest absolute Gasteiger partial charge is 0.250 e. The van der Waals surface area contributed by atoms with Crippen LogP contribution in [0.3, 0.4) is 0 Å². The molecule has 0 amide bonds. The number of hydrogen-bond donors (Lipinski definition) is 1. The first-order chi connectivity index (χ1) is 10.1. The van der Waals surface area contributed by atoms with Crippen molar-refractivity contribution in [3.8, 4) is 5.75 Å². The lowest BCUT2D eigenvalue weighted by Gasteiger charge is -2.17. The van der Waals surface area contributed by atoms with Gasteiger partial charge in [-0.05, 0) is 38.6 Å². The van der Waals surface area contributed by atoms with Crippen LogP contribution in [0.5, 0.6) is 5.75 Å². The standard InChI is InChI=1S/C17H22N2O2/c1-13-7-8-15(14(2)18-3)16(12-13)21-11-10-19-9-5-4-6-17(19)20/h4-9,12,14,18H,10-11H2,1-3H3. The molecule has 1 N–H and O–H groups in total. The van der Waals surface area contributed by atoms with E-state index in [2.05, 4.69) is 24.4 Å². The molecule has 2 rings (SSSR count). The number of rotatable bonds is 6. The Bertz CT molecular complexity index is 649. The fraction of sp³-hybridized carbons (Fsp3) is 0.353. The van der Waals surface area contributed by atoms with Gasteiger partial charge in [-0.15, -0.1) is 0 Å². The molecule has 0 aliphatic carbocycles. The van der Waals surface area contributed by atoms with Crippen molar-refractivity contribution in [1.29, 1.82) is 0 Å². The van der Waals surface area contributed by atoms with Crippen LogP contribution in [-0.2, 0) is 6.54 Å². The van der Waals surface area contributed by atoms with Crippen LogP contribution < -0.4 is 15.6 Å². The Morgan fingerprint density at radius 3 is 2.81 bits per heavy atom. The van der Waals surface area contributed by atoms with Gasteiger partial charge in [0.15, 0.2) is 0 Å². The Kier molecular flexibility index (Phi) is 5.17. The number of nitrogens with one attached hydrogen (secondary N) is 1. The molecule has 0 aliphatic rings. The minimum absolute atomic E-state index is 0.00541. The number of nitrogens with zero attached hydrogens (tertiary/aromatic N) is 1. The van der Waals surface area contributed by atoms with Gasteiger partial charge in [0, 0.05) is 23.9 Å². The van der Waals surface area contributed by atoms with Crippen molar-refractivity contribution < 1.29 is 4.74 Å². The van der Waals surface area contributed by atoms with Crippen LogP contribution in [0.25, 0.3) is 0 Å². The fourth-order valence-electron chi connectivity index (χ4n) is 2.18. The molecule has 0 spiro atoms. The molecule has 21 heavy (non-hydrogen) atoms. The highest BCUT2D eigenvalue weighted by Crippen LogP contribution is 2.26. The molecule has 4 nitrogen and oxygen atoms in total. The molecule has 1 aromatic carbocycles. The van der Waals surface area contributed by atoms with Gasteiger partial charge >= 0.3 is 0 Å². The molecule has 1 aromatic heterocycles. The number of ether oxygens (including phenoxy) is 1. The molecule has 112 valence electrons. The van der Waals surface area contributed by atoms with Crippen LogP contribution in [0.15, 0.2) is 47.4 Å². The predicted molar refractivity (Wildman–Crippen MR) is 84.9 cm³/mol. The summed E-state index contributed by atoms with van der Waals surface area (Å²) >= 11 is 0. The molecule has 0 radical (unpaired) electrons. The van der Waals surface area contributed by atoms with E-state index in [4.69, 9.17) is 4.74 Å². The maximum Gasteiger partial charge on any atom is 0.250 e. The first-order valence-corrected chi connectivity index (χ1v) is 7.18. The minimum atomic E-state index is -0.00541. The van der Waals surface area contributed by atoms with E-state index in [1.54, 1.807) is 22.9 Å². The third kappa shape index (κ3) is 3.95. The van der Waals surface area contributed by atoms with Crippen molar-refractivity contribution in [3.63, 3.8) is 0 Å². The summed E-state index contributed by atoms with van der Waals surface area (Å²) < 4.78 is 7.55. The molecule has 0 saturated carbocycles. The molecule has 1 unspecified atom stereocenters. The van der Waals surface area contributed by atoms with Gasteiger partial charge < -0.3 is 14.6 Å². The van der Waals surface area contributed by atoms with Gasteiger partial charge in [0.1, 0.15) is 12.4 Å². The molecule has 1 atom stereocenters. The predicted octanol–water partition coefficient (Wildman–Crippen LogP) is 2.52. The zero-order chi connectivity index (χ0) is 15.2. The van der Waals surface area contributed by atoms with E-state index < -0.39 is 0 Å². The molecule has 0 bridgehead atoms. The van der Waals surface area contributed by atoms with Crippen LogP contribution in [0.2, 0.25) is 0 Å². The Hall–Kier alpha value is -2.07. The summed E-state index contributed by atoms with van der Waals surface area (Å²) in [4.78, 5) is 11.6. The molecule has 0 saturated heterocycles. The van der Waals surface area contributed by atoms with Crippen molar-refractivity contribution in [1.82, 2.24) is 9.88 Å². The summed E-state index contributed by atoms with van der Waals surface area (Å²) in [6, 6.07) is 11.6. The molecule has 2 aromatic rings. The quantitative estimate of drug-likeness (QED) is 0.887. The van der Waals surface area contributed by atoms with Gasteiger partial charge in [-0.1, -0.05) is 18.2 Å². The van der Waals surface area contributed by atoms with Crippen LogP contribution >= 0.6 is 0 Å². The van der Waals surface area contributed by atoms with E-state index in [1.807, 2.05) is 26.1 Å². The molecule has 4 heteroatoms. The average molecular weight is 286 g/mol. The van der Waals surface area contributed by atoms with Crippen LogP contribution in [0.4, 0.5) is 0 Å². The highest BCUT2D eigenvalue weighted by atomic mass is 16.5. The number of pyridine rings is 1. The Balaban J connectivity index is 2.07. The van der Waals surface area contributed by atoms with Crippen LogP contribution in [-0.4, -0.2) is 18.2 Å². The lowest BCUT2D eigenvalue weighted by atomic mass is 10.1. The fourth-order valence-corrected chi connectivity index (χ4v) is 2.18. The summed E-state index contributed by atoms with van der Waals surface area (Å²) in [6.45, 7) is 5.15. The van der Waals surface area contributed by atoms with E-state index in [1.165, 1.54) is 0 Å². The second-order valence-electron chi connectivity index (χ2n) is 5.13. The second kappa shape index (κ2) is 7.09. The highest BCUT2D eigenvalue weighted by Gasteiger charge is 2.10. The first-order valence-electron chi connectivity index (χ1n) is 7.18. The van der Waals surface area contributed by atoms with Crippen molar-refractivity contribution in [2.24, 2.45) is 0 Å². The maximum absolute atomic E-state index is 11.6. The monoisotopic (exact) mass is 286 g/mol. The number of aromatic nitrogens is 1. The molecule has 0 aliphatic heterocycles. The first kappa shape index (κ1) is 15.3. The number of hydrogen-bond acceptors (Lipinski definition) is 3. The SMILES string of the molecule is CNC(C)c1ccc(C)cc1OCCn1ccccc1=O.